The predicted octanol–water partition coefficient (Wildman–Crippen LogP) is 3.20. The molecular weight excluding hydrogens is 226 g/mol. The number of aliphatic hydroxyl groups is 1. The predicted molar refractivity (Wildman–Crippen MR) is 74.0 cm³/mol. The average Bonchev–Trinajstić information content (AvgIpc) is 2.79. The van der Waals surface area contributed by atoms with Crippen LogP contribution < -0.4 is 4.74 Å². The van der Waals surface area contributed by atoms with Gasteiger partial charge in [-0.15, -0.1) is 0 Å². The van der Waals surface area contributed by atoms with Crippen LogP contribution in [-0.4, -0.2) is 22.9 Å². The Hall–Kier alpha value is -1.48. The number of aromatic nitrogens is 1. The summed E-state index contributed by atoms with van der Waals surface area (Å²) in [5.41, 5.74) is 1.23. The van der Waals surface area contributed by atoms with E-state index in [0.29, 0.717) is 0 Å². The van der Waals surface area contributed by atoms with Crippen LogP contribution in [0.15, 0.2) is 30.5 Å². The van der Waals surface area contributed by atoms with Crippen LogP contribution in [0.25, 0.3) is 10.9 Å². The normalized spacial score (nSPS) is 11.0. The highest BCUT2D eigenvalue weighted by molar-refractivity contribution is 5.81. The molecule has 1 heterocycles. The second-order valence-corrected chi connectivity index (χ2v) is 4.51. The number of hydrogen-bond donors (Lipinski definition) is 1. The van der Waals surface area contributed by atoms with E-state index in [1.54, 1.807) is 0 Å². The van der Waals surface area contributed by atoms with Crippen molar-refractivity contribution in [3.05, 3.63) is 30.5 Å². The van der Waals surface area contributed by atoms with E-state index in [1.165, 1.54) is 10.9 Å². The molecule has 2 aromatic rings. The molecular formula is C15H21NO2. The van der Waals surface area contributed by atoms with Gasteiger partial charge in [0.25, 0.3) is 0 Å². The van der Waals surface area contributed by atoms with Crippen LogP contribution in [0.5, 0.6) is 5.75 Å². The van der Waals surface area contributed by atoms with Gasteiger partial charge in [0.15, 0.2) is 0 Å². The van der Waals surface area contributed by atoms with Gasteiger partial charge in [-0.25, -0.2) is 0 Å². The lowest BCUT2D eigenvalue weighted by molar-refractivity contribution is 0.281. The van der Waals surface area contributed by atoms with Crippen LogP contribution in [0.3, 0.4) is 0 Å². The van der Waals surface area contributed by atoms with Gasteiger partial charge in [0.2, 0.25) is 0 Å². The molecule has 3 nitrogen and oxygen atoms in total. The first-order chi connectivity index (χ1) is 8.85. The molecule has 0 aliphatic rings. The Morgan fingerprint density at radius 3 is 2.89 bits per heavy atom. The molecule has 0 unspecified atom stereocenters. The van der Waals surface area contributed by atoms with E-state index < -0.39 is 0 Å². The molecule has 1 aromatic carbocycles. The quantitative estimate of drug-likeness (QED) is 0.762. The summed E-state index contributed by atoms with van der Waals surface area (Å²) < 4.78 is 7.86. The Morgan fingerprint density at radius 1 is 1.22 bits per heavy atom. The highest BCUT2D eigenvalue weighted by atomic mass is 16.5. The van der Waals surface area contributed by atoms with Gasteiger partial charge >= 0.3 is 0 Å². The highest BCUT2D eigenvalue weighted by Crippen LogP contribution is 2.22. The van der Waals surface area contributed by atoms with Crippen LogP contribution in [0.4, 0.5) is 0 Å². The zero-order chi connectivity index (χ0) is 12.8. The van der Waals surface area contributed by atoms with Gasteiger partial charge < -0.3 is 14.4 Å². The van der Waals surface area contributed by atoms with Crippen molar-refractivity contribution in [1.82, 2.24) is 4.57 Å². The summed E-state index contributed by atoms with van der Waals surface area (Å²) in [5.74, 6) is 0.942. The van der Waals surface area contributed by atoms with Crippen molar-refractivity contribution in [2.45, 2.75) is 32.7 Å². The summed E-state index contributed by atoms with van der Waals surface area (Å²) in [5, 5.41) is 10.0. The van der Waals surface area contributed by atoms with Crippen LogP contribution in [-0.2, 0) is 6.54 Å². The highest BCUT2D eigenvalue weighted by Gasteiger charge is 2.02. The van der Waals surface area contributed by atoms with Crippen LogP contribution >= 0.6 is 0 Å². The molecule has 1 aromatic heterocycles. The van der Waals surface area contributed by atoms with Crippen LogP contribution in [0.1, 0.15) is 26.2 Å². The first kappa shape index (κ1) is 13.0. The molecule has 0 fully saturated rings. The molecule has 3 heteroatoms. The van der Waals surface area contributed by atoms with E-state index in [4.69, 9.17) is 9.84 Å². The maximum absolute atomic E-state index is 8.80. The van der Waals surface area contributed by atoms with Crippen molar-refractivity contribution in [2.24, 2.45) is 0 Å². The van der Waals surface area contributed by atoms with E-state index >= 15 is 0 Å². The fraction of sp³-hybridized carbons (Fsp3) is 0.467. The van der Waals surface area contributed by atoms with Crippen molar-refractivity contribution >= 4 is 10.9 Å². The summed E-state index contributed by atoms with van der Waals surface area (Å²) >= 11 is 0. The van der Waals surface area contributed by atoms with E-state index in [1.807, 2.05) is 6.07 Å². The summed E-state index contributed by atoms with van der Waals surface area (Å²) in [7, 11) is 0. The minimum Gasteiger partial charge on any atom is -0.494 e. The number of nitrogens with zero attached hydrogens (tertiary/aromatic N) is 1. The molecule has 0 saturated carbocycles. The molecule has 0 atom stereocenters. The van der Waals surface area contributed by atoms with E-state index in [9.17, 15) is 0 Å². The minimum atomic E-state index is 0.272. The summed E-state index contributed by atoms with van der Waals surface area (Å²) in [6, 6.07) is 8.35. The Bertz CT molecular complexity index is 490. The Morgan fingerprint density at radius 2 is 2.11 bits per heavy atom. The number of ether oxygens (including phenoxy) is 1. The number of fused-ring (bicyclic) bond motifs is 1. The molecule has 0 radical (unpaired) electrons. The second kappa shape index (κ2) is 6.45. The second-order valence-electron chi connectivity index (χ2n) is 4.51. The van der Waals surface area contributed by atoms with Gasteiger partial charge in [0.05, 0.1) is 6.61 Å². The third-order valence-electron chi connectivity index (χ3n) is 3.02. The van der Waals surface area contributed by atoms with Crippen LogP contribution in [0.2, 0.25) is 0 Å². The third-order valence-corrected chi connectivity index (χ3v) is 3.02. The van der Waals surface area contributed by atoms with Gasteiger partial charge in [0, 0.05) is 30.3 Å². The van der Waals surface area contributed by atoms with E-state index in [2.05, 4.69) is 35.9 Å². The summed E-state index contributed by atoms with van der Waals surface area (Å²) in [6.07, 6.45) is 5.00. The first-order valence-corrected chi connectivity index (χ1v) is 6.67. The fourth-order valence-corrected chi connectivity index (χ4v) is 2.08. The zero-order valence-electron chi connectivity index (χ0n) is 10.9. The molecule has 0 bridgehead atoms. The zero-order valence-corrected chi connectivity index (χ0v) is 10.9. The molecule has 0 spiro atoms. The van der Waals surface area contributed by atoms with E-state index in [-0.39, 0.29) is 6.61 Å². The summed E-state index contributed by atoms with van der Waals surface area (Å²) in [4.78, 5) is 0. The maximum atomic E-state index is 8.80. The topological polar surface area (TPSA) is 34.4 Å². The lowest BCUT2D eigenvalue weighted by Crippen LogP contribution is -1.98. The Labute approximate surface area is 108 Å². The molecule has 0 amide bonds. The Balaban J connectivity index is 2.10. The van der Waals surface area contributed by atoms with Crippen molar-refractivity contribution in [2.75, 3.05) is 13.2 Å². The molecule has 18 heavy (non-hydrogen) atoms. The SMILES string of the molecule is CCCOc1ccc2c(ccn2CCCCO)c1. The number of aryl methyl sites for hydroxylation is 1. The van der Waals surface area contributed by atoms with E-state index in [0.717, 1.165) is 38.2 Å². The fourth-order valence-electron chi connectivity index (χ4n) is 2.08. The van der Waals surface area contributed by atoms with Crippen molar-refractivity contribution < 1.29 is 9.84 Å². The average molecular weight is 247 g/mol. The van der Waals surface area contributed by atoms with Gasteiger partial charge in [-0.2, -0.15) is 0 Å². The molecule has 0 saturated heterocycles. The standard InChI is InChI=1S/C15H21NO2/c1-2-11-18-14-5-6-15-13(12-14)7-9-16(15)8-3-4-10-17/h5-7,9,12,17H,2-4,8,10-11H2,1H3. The number of benzene rings is 1. The van der Waals surface area contributed by atoms with Crippen LogP contribution in [0, 0.1) is 0 Å². The lowest BCUT2D eigenvalue weighted by atomic mass is 10.2. The maximum Gasteiger partial charge on any atom is 0.120 e. The third kappa shape index (κ3) is 3.05. The van der Waals surface area contributed by atoms with Gasteiger partial charge in [0.1, 0.15) is 5.75 Å². The van der Waals surface area contributed by atoms with Crippen molar-refractivity contribution in [3.63, 3.8) is 0 Å². The monoisotopic (exact) mass is 247 g/mol. The molecule has 98 valence electrons. The van der Waals surface area contributed by atoms with Crippen molar-refractivity contribution in [3.8, 4) is 5.75 Å². The smallest absolute Gasteiger partial charge is 0.120 e. The largest absolute Gasteiger partial charge is 0.494 e. The lowest BCUT2D eigenvalue weighted by Gasteiger charge is -2.07. The molecule has 0 aliphatic carbocycles. The van der Waals surface area contributed by atoms with Gasteiger partial charge in [-0.3, -0.25) is 0 Å². The minimum absolute atomic E-state index is 0.272. The Kier molecular flexibility index (Phi) is 4.65. The summed E-state index contributed by atoms with van der Waals surface area (Å²) in [6.45, 7) is 4.10. The number of aliphatic hydroxyl groups excluding tert-OH is 1. The number of hydrogen-bond acceptors (Lipinski definition) is 2. The molecule has 2 rings (SSSR count). The number of unbranched alkanes of at least 4 members (excludes halogenated alkanes) is 1. The van der Waals surface area contributed by atoms with Crippen molar-refractivity contribution in [1.29, 1.82) is 0 Å². The molecule has 1 N–H and O–H groups in total. The first-order valence-electron chi connectivity index (χ1n) is 6.67. The van der Waals surface area contributed by atoms with Gasteiger partial charge in [-0.05, 0) is 43.5 Å². The molecule has 0 aliphatic heterocycles. The number of rotatable bonds is 7. The van der Waals surface area contributed by atoms with Gasteiger partial charge in [-0.1, -0.05) is 6.92 Å².